The van der Waals surface area contributed by atoms with E-state index >= 15 is 0 Å². The van der Waals surface area contributed by atoms with Crippen molar-refractivity contribution in [2.75, 3.05) is 26.2 Å². The van der Waals surface area contributed by atoms with Crippen LogP contribution in [-0.4, -0.2) is 37.0 Å². The van der Waals surface area contributed by atoms with Gasteiger partial charge in [-0.2, -0.15) is 0 Å². The Hall–Kier alpha value is -0.570. The van der Waals surface area contributed by atoms with Crippen LogP contribution in [0.25, 0.3) is 0 Å². The maximum Gasteiger partial charge on any atom is 0.225 e. The third-order valence-electron chi connectivity index (χ3n) is 3.37. The van der Waals surface area contributed by atoms with Gasteiger partial charge in [-0.25, -0.2) is 0 Å². The lowest BCUT2D eigenvalue weighted by molar-refractivity contribution is -0.139. The number of carbonyl (C=O) groups excluding carboxylic acids is 1. The number of nitrogens with zero attached hydrogens (tertiary/aromatic N) is 1. The second-order valence-corrected chi connectivity index (χ2v) is 4.70. The van der Waals surface area contributed by atoms with Gasteiger partial charge in [0.1, 0.15) is 0 Å². The maximum atomic E-state index is 12.0. The Morgan fingerprint density at radius 2 is 2.07 bits per heavy atom. The van der Waals surface area contributed by atoms with E-state index in [2.05, 4.69) is 17.1 Å². The topological polar surface area (TPSA) is 32.3 Å². The average Bonchev–Trinajstić information content (AvgIpc) is 2.40. The predicted octanol–water partition coefficient (Wildman–Crippen LogP) is 0.854. The zero-order chi connectivity index (χ0) is 9.97. The van der Waals surface area contributed by atoms with Crippen LogP contribution in [0, 0.1) is 11.8 Å². The van der Waals surface area contributed by atoms with Crippen molar-refractivity contribution in [2.24, 2.45) is 11.8 Å². The Balaban J connectivity index is 1.83. The molecule has 0 radical (unpaired) electrons. The molecule has 3 heteroatoms. The highest BCUT2D eigenvalue weighted by Crippen LogP contribution is 2.34. The molecule has 0 aromatic rings. The minimum atomic E-state index is 0.350. The standard InChI is InChI=1S/C11H20N2O/c1-9-7-10(8-9)11(14)13-5-2-3-12-4-6-13/h9-10,12H,2-8H2,1H3. The summed E-state index contributed by atoms with van der Waals surface area (Å²) in [6.07, 6.45) is 3.33. The van der Waals surface area contributed by atoms with Gasteiger partial charge in [0.05, 0.1) is 0 Å². The van der Waals surface area contributed by atoms with E-state index in [9.17, 15) is 4.79 Å². The van der Waals surface area contributed by atoms with Crippen LogP contribution in [0.2, 0.25) is 0 Å². The van der Waals surface area contributed by atoms with Crippen LogP contribution >= 0.6 is 0 Å². The van der Waals surface area contributed by atoms with Crippen molar-refractivity contribution >= 4 is 5.91 Å². The van der Waals surface area contributed by atoms with Crippen molar-refractivity contribution in [3.8, 4) is 0 Å². The summed E-state index contributed by atoms with van der Waals surface area (Å²) in [5, 5.41) is 3.32. The molecular formula is C11H20N2O. The number of amides is 1. The third-order valence-corrected chi connectivity index (χ3v) is 3.37. The number of rotatable bonds is 1. The summed E-state index contributed by atoms with van der Waals surface area (Å²) in [6.45, 7) is 6.12. The molecule has 3 nitrogen and oxygen atoms in total. The minimum absolute atomic E-state index is 0.350. The number of nitrogens with one attached hydrogen (secondary N) is 1. The number of hydrogen-bond donors (Lipinski definition) is 1. The normalized spacial score (nSPS) is 33.4. The van der Waals surface area contributed by atoms with Gasteiger partial charge in [-0.15, -0.1) is 0 Å². The highest BCUT2D eigenvalue weighted by molar-refractivity contribution is 5.79. The van der Waals surface area contributed by atoms with Crippen molar-refractivity contribution in [1.29, 1.82) is 0 Å². The molecule has 14 heavy (non-hydrogen) atoms. The summed E-state index contributed by atoms with van der Waals surface area (Å²) >= 11 is 0. The van der Waals surface area contributed by atoms with E-state index in [1.54, 1.807) is 0 Å². The molecule has 1 heterocycles. The molecule has 0 spiro atoms. The highest BCUT2D eigenvalue weighted by Gasteiger charge is 2.34. The summed E-state index contributed by atoms with van der Waals surface area (Å²) < 4.78 is 0. The molecule has 1 aliphatic carbocycles. The Labute approximate surface area is 85.8 Å². The molecule has 0 aromatic carbocycles. The first-order chi connectivity index (χ1) is 6.77. The molecule has 2 rings (SSSR count). The van der Waals surface area contributed by atoms with Crippen molar-refractivity contribution in [3.63, 3.8) is 0 Å². The van der Waals surface area contributed by atoms with Crippen LogP contribution in [0.4, 0.5) is 0 Å². The fourth-order valence-corrected chi connectivity index (χ4v) is 2.43. The van der Waals surface area contributed by atoms with Crippen LogP contribution < -0.4 is 5.32 Å². The van der Waals surface area contributed by atoms with Gasteiger partial charge >= 0.3 is 0 Å². The van der Waals surface area contributed by atoms with E-state index in [1.165, 1.54) is 0 Å². The summed E-state index contributed by atoms with van der Waals surface area (Å²) in [7, 11) is 0. The fourth-order valence-electron chi connectivity index (χ4n) is 2.43. The lowest BCUT2D eigenvalue weighted by Crippen LogP contribution is -2.42. The van der Waals surface area contributed by atoms with Crippen LogP contribution in [0.15, 0.2) is 0 Å². The summed E-state index contributed by atoms with van der Waals surface area (Å²) in [6, 6.07) is 0. The van der Waals surface area contributed by atoms with Crippen molar-refractivity contribution < 1.29 is 4.79 Å². The zero-order valence-electron chi connectivity index (χ0n) is 8.96. The predicted molar refractivity (Wildman–Crippen MR) is 56.0 cm³/mol. The largest absolute Gasteiger partial charge is 0.341 e. The van der Waals surface area contributed by atoms with Crippen molar-refractivity contribution in [3.05, 3.63) is 0 Å². The fraction of sp³-hybridized carbons (Fsp3) is 0.909. The van der Waals surface area contributed by atoms with Gasteiger partial charge in [-0.05, 0) is 31.7 Å². The van der Waals surface area contributed by atoms with Gasteiger partial charge in [0, 0.05) is 25.6 Å². The quantitative estimate of drug-likeness (QED) is 0.674. The minimum Gasteiger partial charge on any atom is -0.341 e. The summed E-state index contributed by atoms with van der Waals surface area (Å²) in [5.41, 5.74) is 0. The maximum absolute atomic E-state index is 12.0. The molecular weight excluding hydrogens is 176 g/mol. The first kappa shape index (κ1) is 9.97. The average molecular weight is 196 g/mol. The van der Waals surface area contributed by atoms with Crippen LogP contribution in [0.1, 0.15) is 26.2 Å². The molecule has 80 valence electrons. The molecule has 2 aliphatic rings. The Kier molecular flexibility index (Phi) is 3.06. The first-order valence-corrected chi connectivity index (χ1v) is 5.77. The van der Waals surface area contributed by atoms with Gasteiger partial charge in [-0.3, -0.25) is 4.79 Å². The third kappa shape index (κ3) is 2.08. The lowest BCUT2D eigenvalue weighted by Gasteiger charge is -2.35. The van der Waals surface area contributed by atoms with Gasteiger partial charge in [0.2, 0.25) is 5.91 Å². The van der Waals surface area contributed by atoms with Crippen molar-refractivity contribution in [2.45, 2.75) is 26.2 Å². The number of hydrogen-bond acceptors (Lipinski definition) is 2. The molecule has 1 N–H and O–H groups in total. The van der Waals surface area contributed by atoms with E-state index in [-0.39, 0.29) is 0 Å². The SMILES string of the molecule is CC1CC(C(=O)N2CCCNCC2)C1. The van der Waals surface area contributed by atoms with Gasteiger partial charge < -0.3 is 10.2 Å². The van der Waals surface area contributed by atoms with E-state index in [1.807, 2.05) is 0 Å². The van der Waals surface area contributed by atoms with E-state index in [0.29, 0.717) is 11.8 Å². The Bertz CT molecular complexity index is 203. The molecule has 1 saturated carbocycles. The van der Waals surface area contributed by atoms with Crippen LogP contribution in [0.5, 0.6) is 0 Å². The molecule has 0 atom stereocenters. The van der Waals surface area contributed by atoms with Gasteiger partial charge in [0.15, 0.2) is 0 Å². The van der Waals surface area contributed by atoms with Crippen LogP contribution in [-0.2, 0) is 4.79 Å². The molecule has 2 fully saturated rings. The molecule has 0 aromatic heterocycles. The van der Waals surface area contributed by atoms with Gasteiger partial charge in [0.25, 0.3) is 0 Å². The van der Waals surface area contributed by atoms with Gasteiger partial charge in [-0.1, -0.05) is 6.92 Å². The number of carbonyl (C=O) groups is 1. The molecule has 0 bridgehead atoms. The molecule has 1 amide bonds. The molecule has 1 saturated heterocycles. The summed E-state index contributed by atoms with van der Waals surface area (Å²) in [4.78, 5) is 14.0. The van der Waals surface area contributed by atoms with E-state index in [0.717, 1.165) is 51.4 Å². The first-order valence-electron chi connectivity index (χ1n) is 5.77. The van der Waals surface area contributed by atoms with E-state index in [4.69, 9.17) is 0 Å². The highest BCUT2D eigenvalue weighted by atomic mass is 16.2. The monoisotopic (exact) mass is 196 g/mol. The Morgan fingerprint density at radius 1 is 1.29 bits per heavy atom. The second kappa shape index (κ2) is 4.30. The lowest BCUT2D eigenvalue weighted by atomic mass is 9.75. The van der Waals surface area contributed by atoms with Crippen LogP contribution in [0.3, 0.4) is 0 Å². The molecule has 0 unspecified atom stereocenters. The summed E-state index contributed by atoms with van der Waals surface area (Å²) in [5.74, 6) is 1.53. The zero-order valence-corrected chi connectivity index (χ0v) is 8.96. The molecule has 1 aliphatic heterocycles. The second-order valence-electron chi connectivity index (χ2n) is 4.70. The smallest absolute Gasteiger partial charge is 0.225 e. The van der Waals surface area contributed by atoms with Crippen molar-refractivity contribution in [1.82, 2.24) is 10.2 Å². The Morgan fingerprint density at radius 3 is 2.79 bits per heavy atom. The van der Waals surface area contributed by atoms with E-state index < -0.39 is 0 Å².